The van der Waals surface area contributed by atoms with Gasteiger partial charge in [-0.3, -0.25) is 4.79 Å². The number of aryl methyl sites for hydroxylation is 1. The minimum absolute atomic E-state index is 0.237. The molecule has 5 heteroatoms. The first-order valence-electron chi connectivity index (χ1n) is 9.25. The summed E-state index contributed by atoms with van der Waals surface area (Å²) in [5.74, 6) is -0.630. The van der Waals surface area contributed by atoms with Crippen molar-refractivity contribution >= 4 is 34.7 Å². The fourth-order valence-corrected chi connectivity index (χ4v) is 3.87. The number of benzene rings is 3. The molecular formula is C24H19Cl2NO2. The van der Waals surface area contributed by atoms with Gasteiger partial charge in [0.2, 0.25) is 0 Å². The maximum absolute atomic E-state index is 13.0. The molecule has 1 aliphatic heterocycles. The molecule has 1 N–H and O–H groups in total. The number of hydrogen-bond donors (Lipinski definition) is 1. The maximum Gasteiger partial charge on any atom is 0.290 e. The van der Waals surface area contributed by atoms with E-state index in [1.807, 2.05) is 55.5 Å². The fourth-order valence-electron chi connectivity index (χ4n) is 3.62. The molecule has 0 bridgehead atoms. The Labute approximate surface area is 179 Å². The Morgan fingerprint density at radius 1 is 0.862 bits per heavy atom. The van der Waals surface area contributed by atoms with Crippen LogP contribution in [0, 0.1) is 6.92 Å². The number of hydrogen-bond acceptors (Lipinski definition) is 2. The van der Waals surface area contributed by atoms with Gasteiger partial charge in [0.15, 0.2) is 5.76 Å². The number of carbonyl (C=O) groups excluding carboxylic acids is 1. The van der Waals surface area contributed by atoms with Gasteiger partial charge in [0.1, 0.15) is 0 Å². The maximum atomic E-state index is 13.0. The van der Waals surface area contributed by atoms with Crippen LogP contribution in [0.4, 0.5) is 0 Å². The zero-order valence-corrected chi connectivity index (χ0v) is 17.3. The summed E-state index contributed by atoms with van der Waals surface area (Å²) in [6.07, 6.45) is 0. The minimum Gasteiger partial charge on any atom is -0.503 e. The molecule has 0 saturated carbocycles. The first-order valence-corrected chi connectivity index (χ1v) is 10.0. The van der Waals surface area contributed by atoms with Crippen molar-refractivity contribution in [3.63, 3.8) is 0 Å². The average Bonchev–Trinajstić information content (AvgIpc) is 2.96. The third-order valence-electron chi connectivity index (χ3n) is 5.12. The van der Waals surface area contributed by atoms with E-state index in [2.05, 4.69) is 0 Å². The van der Waals surface area contributed by atoms with Crippen LogP contribution in [-0.4, -0.2) is 15.9 Å². The first kappa shape index (κ1) is 19.6. The molecule has 0 unspecified atom stereocenters. The van der Waals surface area contributed by atoms with Crippen LogP contribution in [0.2, 0.25) is 10.0 Å². The molecule has 146 valence electrons. The number of halogens is 2. The van der Waals surface area contributed by atoms with Gasteiger partial charge in [0.25, 0.3) is 5.91 Å². The van der Waals surface area contributed by atoms with Crippen LogP contribution in [0.15, 0.2) is 78.6 Å². The summed E-state index contributed by atoms with van der Waals surface area (Å²) in [5.41, 5.74) is 4.35. The van der Waals surface area contributed by atoms with Gasteiger partial charge in [-0.2, -0.15) is 0 Å². The topological polar surface area (TPSA) is 40.5 Å². The summed E-state index contributed by atoms with van der Waals surface area (Å²) in [5, 5.41) is 12.0. The molecule has 1 aliphatic rings. The van der Waals surface area contributed by atoms with Gasteiger partial charge < -0.3 is 10.0 Å². The van der Waals surface area contributed by atoms with Gasteiger partial charge >= 0.3 is 0 Å². The lowest BCUT2D eigenvalue weighted by Crippen LogP contribution is -2.29. The average molecular weight is 424 g/mol. The molecule has 1 atom stereocenters. The molecule has 3 aromatic rings. The summed E-state index contributed by atoms with van der Waals surface area (Å²) in [4.78, 5) is 14.7. The molecule has 3 aromatic carbocycles. The number of nitrogens with zero attached hydrogens (tertiary/aromatic N) is 1. The lowest BCUT2D eigenvalue weighted by Gasteiger charge is -2.27. The minimum atomic E-state index is -0.428. The molecule has 0 aliphatic carbocycles. The summed E-state index contributed by atoms with van der Waals surface area (Å²) < 4.78 is 0. The predicted octanol–water partition coefficient (Wildman–Crippen LogP) is 6.35. The fraction of sp³-hybridized carbons (Fsp3) is 0.125. The molecule has 0 spiro atoms. The zero-order valence-electron chi connectivity index (χ0n) is 15.8. The molecule has 1 heterocycles. The van der Waals surface area contributed by atoms with E-state index in [9.17, 15) is 9.90 Å². The second-order valence-corrected chi connectivity index (χ2v) is 8.01. The molecule has 3 nitrogen and oxygen atoms in total. The summed E-state index contributed by atoms with van der Waals surface area (Å²) in [6, 6.07) is 22.1. The molecular weight excluding hydrogens is 405 g/mol. The standard InChI is InChI=1S/C24H19Cl2NO2/c1-15-2-4-16(5-3-15)14-27-22(18-8-12-20(26)13-9-18)21(23(28)24(27)29)17-6-10-19(25)11-7-17/h2-13,22,28H,14H2,1H3/t22-/m1/s1. The van der Waals surface area contributed by atoms with E-state index in [0.717, 1.165) is 22.3 Å². The Morgan fingerprint density at radius 3 is 2.00 bits per heavy atom. The zero-order chi connectivity index (χ0) is 20.5. The highest BCUT2D eigenvalue weighted by atomic mass is 35.5. The second-order valence-electron chi connectivity index (χ2n) is 7.14. The lowest BCUT2D eigenvalue weighted by molar-refractivity contribution is -0.130. The van der Waals surface area contributed by atoms with Gasteiger partial charge in [0, 0.05) is 22.2 Å². The largest absolute Gasteiger partial charge is 0.503 e. The van der Waals surface area contributed by atoms with E-state index in [0.29, 0.717) is 22.2 Å². The third-order valence-corrected chi connectivity index (χ3v) is 5.62. The first-order chi connectivity index (χ1) is 13.9. The Bertz CT molecular complexity index is 1070. The quantitative estimate of drug-likeness (QED) is 0.530. The van der Waals surface area contributed by atoms with E-state index in [1.54, 1.807) is 29.2 Å². The van der Waals surface area contributed by atoms with Crippen molar-refractivity contribution in [1.29, 1.82) is 0 Å². The van der Waals surface area contributed by atoms with Crippen LogP contribution in [0.3, 0.4) is 0 Å². The van der Waals surface area contributed by atoms with Crippen molar-refractivity contribution in [3.05, 3.63) is 111 Å². The van der Waals surface area contributed by atoms with Crippen molar-refractivity contribution in [1.82, 2.24) is 4.90 Å². The number of amides is 1. The Morgan fingerprint density at radius 2 is 1.41 bits per heavy atom. The van der Waals surface area contributed by atoms with Crippen LogP contribution in [0.25, 0.3) is 5.57 Å². The SMILES string of the molecule is Cc1ccc(CN2C(=O)C(O)=C(c3ccc(Cl)cc3)[C@H]2c2ccc(Cl)cc2)cc1. The molecule has 1 amide bonds. The predicted molar refractivity (Wildman–Crippen MR) is 117 cm³/mol. The summed E-state index contributed by atoms with van der Waals surface area (Å²) in [7, 11) is 0. The van der Waals surface area contributed by atoms with Crippen molar-refractivity contribution in [2.75, 3.05) is 0 Å². The Balaban J connectivity index is 1.80. The molecule has 0 aromatic heterocycles. The van der Waals surface area contributed by atoms with E-state index >= 15 is 0 Å². The van der Waals surface area contributed by atoms with Crippen molar-refractivity contribution in [2.45, 2.75) is 19.5 Å². The highest BCUT2D eigenvalue weighted by Gasteiger charge is 2.40. The number of carbonyl (C=O) groups is 1. The van der Waals surface area contributed by atoms with Crippen LogP contribution in [0.5, 0.6) is 0 Å². The smallest absolute Gasteiger partial charge is 0.290 e. The van der Waals surface area contributed by atoms with Crippen molar-refractivity contribution in [3.8, 4) is 0 Å². The Kier molecular flexibility index (Phi) is 5.35. The number of rotatable bonds is 4. The van der Waals surface area contributed by atoms with Gasteiger partial charge in [-0.15, -0.1) is 0 Å². The van der Waals surface area contributed by atoms with E-state index in [4.69, 9.17) is 23.2 Å². The van der Waals surface area contributed by atoms with Crippen LogP contribution in [0.1, 0.15) is 28.3 Å². The molecule has 0 saturated heterocycles. The molecule has 0 fully saturated rings. The lowest BCUT2D eigenvalue weighted by atomic mass is 9.93. The van der Waals surface area contributed by atoms with Gasteiger partial charge in [-0.25, -0.2) is 0 Å². The number of aliphatic hydroxyl groups excluding tert-OH is 1. The Hall–Kier alpha value is -2.75. The van der Waals surface area contributed by atoms with E-state index < -0.39 is 11.9 Å². The van der Waals surface area contributed by atoms with Crippen LogP contribution >= 0.6 is 23.2 Å². The highest BCUT2D eigenvalue weighted by Crippen LogP contribution is 2.44. The summed E-state index contributed by atoms with van der Waals surface area (Å²) in [6.45, 7) is 2.40. The molecule has 0 radical (unpaired) electrons. The van der Waals surface area contributed by atoms with Crippen molar-refractivity contribution in [2.24, 2.45) is 0 Å². The van der Waals surface area contributed by atoms with Gasteiger partial charge in [-0.1, -0.05) is 77.3 Å². The van der Waals surface area contributed by atoms with Gasteiger partial charge in [-0.05, 0) is 47.9 Å². The monoisotopic (exact) mass is 423 g/mol. The normalized spacial score (nSPS) is 16.6. The van der Waals surface area contributed by atoms with E-state index in [1.165, 1.54) is 0 Å². The van der Waals surface area contributed by atoms with Crippen LogP contribution in [-0.2, 0) is 11.3 Å². The van der Waals surface area contributed by atoms with E-state index in [-0.39, 0.29) is 5.76 Å². The highest BCUT2D eigenvalue weighted by molar-refractivity contribution is 6.30. The number of aliphatic hydroxyl groups is 1. The second kappa shape index (κ2) is 7.94. The molecule has 4 rings (SSSR count). The van der Waals surface area contributed by atoms with Gasteiger partial charge in [0.05, 0.1) is 6.04 Å². The summed E-state index contributed by atoms with van der Waals surface area (Å²) >= 11 is 12.1. The van der Waals surface area contributed by atoms with Crippen molar-refractivity contribution < 1.29 is 9.90 Å². The third kappa shape index (κ3) is 3.89. The molecule has 29 heavy (non-hydrogen) atoms. The van der Waals surface area contributed by atoms with Crippen LogP contribution < -0.4 is 0 Å².